The first-order chi connectivity index (χ1) is 13.1. The average Bonchev–Trinajstić information content (AvgIpc) is 3.18. The molecule has 0 bridgehead atoms. The van der Waals surface area contributed by atoms with Crippen LogP contribution in [0.25, 0.3) is 5.82 Å². The van der Waals surface area contributed by atoms with Crippen molar-refractivity contribution in [1.82, 2.24) is 19.9 Å². The number of nitrogens with two attached hydrogens (primary N) is 1. The Balaban J connectivity index is 1.84. The maximum absolute atomic E-state index is 12.7. The number of amides is 2. The highest BCUT2D eigenvalue weighted by Gasteiger charge is 2.27. The lowest BCUT2D eigenvalue weighted by Gasteiger charge is -2.17. The molecular formula is C19H17N5O3. The van der Waals surface area contributed by atoms with Crippen LogP contribution in [0.2, 0.25) is 0 Å². The van der Waals surface area contributed by atoms with Gasteiger partial charge in [0.2, 0.25) is 5.78 Å². The number of aromatic nitrogens is 3. The molecule has 1 aromatic carbocycles. The molecule has 2 aromatic heterocycles. The summed E-state index contributed by atoms with van der Waals surface area (Å²) in [4.78, 5) is 44.4. The van der Waals surface area contributed by atoms with E-state index in [1.54, 1.807) is 48.7 Å². The molecule has 0 aliphatic heterocycles. The minimum atomic E-state index is -1.10. The number of nitrogens with one attached hydrogen (secondary N) is 1. The van der Waals surface area contributed by atoms with Crippen LogP contribution in [0.3, 0.4) is 0 Å². The second kappa shape index (κ2) is 8.05. The quantitative estimate of drug-likeness (QED) is 0.598. The number of hydrogen-bond acceptors (Lipinski definition) is 5. The van der Waals surface area contributed by atoms with E-state index in [4.69, 9.17) is 5.73 Å². The van der Waals surface area contributed by atoms with Crippen LogP contribution in [-0.4, -0.2) is 38.2 Å². The summed E-state index contributed by atoms with van der Waals surface area (Å²) in [5, 5.41) is 2.58. The third kappa shape index (κ3) is 4.24. The van der Waals surface area contributed by atoms with E-state index in [2.05, 4.69) is 15.3 Å². The minimum absolute atomic E-state index is 0.145. The number of Topliss-reactive ketones (excluding diaryl/α,β-unsaturated/α-hetero) is 1. The molecule has 2 heterocycles. The average molecular weight is 363 g/mol. The molecule has 8 nitrogen and oxygen atoms in total. The molecular weight excluding hydrogens is 346 g/mol. The fourth-order valence-electron chi connectivity index (χ4n) is 2.60. The number of carbonyl (C=O) groups is 3. The highest BCUT2D eigenvalue weighted by atomic mass is 16.2. The Morgan fingerprint density at radius 2 is 1.81 bits per heavy atom. The molecule has 0 radical (unpaired) electrons. The van der Waals surface area contributed by atoms with Crippen molar-refractivity contribution < 1.29 is 14.4 Å². The Kier molecular flexibility index (Phi) is 5.36. The smallest absolute Gasteiger partial charge is 0.287 e. The summed E-state index contributed by atoms with van der Waals surface area (Å²) in [6.45, 7) is 0. The van der Waals surface area contributed by atoms with E-state index in [0.29, 0.717) is 5.82 Å². The lowest BCUT2D eigenvalue weighted by atomic mass is 10.0. The number of ketones is 1. The number of nitrogens with zero attached hydrogens (tertiary/aromatic N) is 3. The van der Waals surface area contributed by atoms with Crippen molar-refractivity contribution in [3.05, 3.63) is 78.5 Å². The third-order valence-corrected chi connectivity index (χ3v) is 3.91. The number of hydrogen-bond donors (Lipinski definition) is 2. The molecule has 27 heavy (non-hydrogen) atoms. The number of rotatable bonds is 7. The van der Waals surface area contributed by atoms with Crippen molar-refractivity contribution in [2.75, 3.05) is 0 Å². The van der Waals surface area contributed by atoms with E-state index in [1.807, 2.05) is 6.07 Å². The van der Waals surface area contributed by atoms with E-state index in [9.17, 15) is 14.4 Å². The summed E-state index contributed by atoms with van der Waals surface area (Å²) in [5.41, 5.74) is 6.11. The fourth-order valence-corrected chi connectivity index (χ4v) is 2.60. The molecule has 3 rings (SSSR count). The molecule has 8 heteroatoms. The van der Waals surface area contributed by atoms with Crippen LogP contribution in [0.4, 0.5) is 0 Å². The number of benzene rings is 1. The maximum atomic E-state index is 12.7. The molecule has 2 amide bonds. The van der Waals surface area contributed by atoms with Crippen molar-refractivity contribution in [3.63, 3.8) is 0 Å². The number of imidazole rings is 1. The highest BCUT2D eigenvalue weighted by Crippen LogP contribution is 2.10. The summed E-state index contributed by atoms with van der Waals surface area (Å²) < 4.78 is 1.49. The summed E-state index contributed by atoms with van der Waals surface area (Å²) in [7, 11) is 0. The van der Waals surface area contributed by atoms with Gasteiger partial charge in [-0.25, -0.2) is 9.97 Å². The van der Waals surface area contributed by atoms with E-state index in [1.165, 1.54) is 17.1 Å². The largest absolute Gasteiger partial charge is 0.363 e. The topological polar surface area (TPSA) is 120 Å². The third-order valence-electron chi connectivity index (χ3n) is 3.91. The summed E-state index contributed by atoms with van der Waals surface area (Å²) >= 11 is 0. The molecule has 0 aliphatic carbocycles. The van der Waals surface area contributed by atoms with Crippen molar-refractivity contribution in [2.45, 2.75) is 12.5 Å². The fraction of sp³-hybridized carbons (Fsp3) is 0.105. The van der Waals surface area contributed by atoms with Crippen molar-refractivity contribution in [3.8, 4) is 5.82 Å². The van der Waals surface area contributed by atoms with Crippen molar-refractivity contribution >= 4 is 17.6 Å². The van der Waals surface area contributed by atoms with Crippen molar-refractivity contribution in [1.29, 1.82) is 0 Å². The van der Waals surface area contributed by atoms with E-state index >= 15 is 0 Å². The summed E-state index contributed by atoms with van der Waals surface area (Å²) in [6.07, 6.45) is 4.54. The van der Waals surface area contributed by atoms with Gasteiger partial charge in [0.1, 0.15) is 23.9 Å². The first-order valence-corrected chi connectivity index (χ1v) is 8.18. The van der Waals surface area contributed by atoms with Gasteiger partial charge in [-0.15, -0.1) is 0 Å². The lowest BCUT2D eigenvalue weighted by molar-refractivity contribution is -0.137. The standard InChI is InChI=1S/C19H17N5O3/c20-18(26)17(25)14(10-13-6-2-1-3-7-13)23-19(27)15-11-21-12-24(15)16-8-4-5-9-22-16/h1-9,11-12,14H,10H2,(H2,20,26)(H,23,27)/t14-/m0/s1. The Morgan fingerprint density at radius 3 is 2.48 bits per heavy atom. The summed E-state index contributed by atoms with van der Waals surface area (Å²) in [6, 6.07) is 13.2. The first kappa shape index (κ1) is 18.0. The van der Waals surface area contributed by atoms with Gasteiger partial charge in [-0.3, -0.25) is 19.0 Å². The second-order valence-corrected chi connectivity index (χ2v) is 5.78. The molecule has 0 unspecified atom stereocenters. The van der Waals surface area contributed by atoms with Crippen LogP contribution >= 0.6 is 0 Å². The molecule has 0 aliphatic rings. The van der Waals surface area contributed by atoms with Gasteiger partial charge < -0.3 is 11.1 Å². The van der Waals surface area contributed by atoms with Gasteiger partial charge in [0.25, 0.3) is 11.8 Å². The zero-order valence-corrected chi connectivity index (χ0v) is 14.3. The molecule has 136 valence electrons. The Bertz CT molecular complexity index is 954. The minimum Gasteiger partial charge on any atom is -0.363 e. The maximum Gasteiger partial charge on any atom is 0.287 e. The Morgan fingerprint density at radius 1 is 1.07 bits per heavy atom. The predicted octanol–water partition coefficient (Wildman–Crippen LogP) is 0.663. The van der Waals surface area contributed by atoms with Gasteiger partial charge in [0.15, 0.2) is 0 Å². The monoisotopic (exact) mass is 363 g/mol. The lowest BCUT2D eigenvalue weighted by Crippen LogP contribution is -2.47. The summed E-state index contributed by atoms with van der Waals surface area (Å²) in [5.74, 6) is -2.03. The predicted molar refractivity (Wildman–Crippen MR) is 97.0 cm³/mol. The zero-order valence-electron chi connectivity index (χ0n) is 14.3. The number of pyridine rings is 1. The van der Waals surface area contributed by atoms with Gasteiger partial charge in [-0.2, -0.15) is 0 Å². The SMILES string of the molecule is NC(=O)C(=O)[C@H](Cc1ccccc1)NC(=O)c1cncn1-c1ccccn1. The molecule has 0 saturated heterocycles. The van der Waals surface area contributed by atoms with Crippen LogP contribution in [-0.2, 0) is 16.0 Å². The van der Waals surface area contributed by atoms with E-state index < -0.39 is 23.6 Å². The highest BCUT2D eigenvalue weighted by molar-refractivity contribution is 6.38. The molecule has 0 spiro atoms. The van der Waals surface area contributed by atoms with Gasteiger partial charge in [0, 0.05) is 12.6 Å². The Hall–Kier alpha value is -3.81. The van der Waals surface area contributed by atoms with Crippen LogP contribution in [0, 0.1) is 0 Å². The molecule has 0 saturated carbocycles. The molecule has 1 atom stereocenters. The van der Waals surface area contributed by atoms with Crippen LogP contribution in [0.5, 0.6) is 0 Å². The molecule has 3 N–H and O–H groups in total. The first-order valence-electron chi connectivity index (χ1n) is 8.18. The van der Waals surface area contributed by atoms with Crippen LogP contribution < -0.4 is 11.1 Å². The van der Waals surface area contributed by atoms with E-state index in [-0.39, 0.29) is 12.1 Å². The van der Waals surface area contributed by atoms with E-state index in [0.717, 1.165) is 5.56 Å². The normalized spacial score (nSPS) is 11.6. The van der Waals surface area contributed by atoms with Crippen LogP contribution in [0.15, 0.2) is 67.3 Å². The van der Waals surface area contributed by atoms with Crippen molar-refractivity contribution in [2.24, 2.45) is 5.73 Å². The zero-order chi connectivity index (χ0) is 19.2. The van der Waals surface area contributed by atoms with Gasteiger partial charge in [0.05, 0.1) is 6.20 Å². The molecule has 3 aromatic rings. The molecule has 0 fully saturated rings. The second-order valence-electron chi connectivity index (χ2n) is 5.78. The Labute approximate surface area is 155 Å². The number of carbonyl (C=O) groups excluding carboxylic acids is 3. The van der Waals surface area contributed by atoms with Crippen LogP contribution in [0.1, 0.15) is 16.1 Å². The van der Waals surface area contributed by atoms with Gasteiger partial charge in [-0.05, 0) is 17.7 Å². The number of primary amides is 1. The van der Waals surface area contributed by atoms with Gasteiger partial charge >= 0.3 is 0 Å². The van der Waals surface area contributed by atoms with Gasteiger partial charge in [-0.1, -0.05) is 36.4 Å².